The molecule has 14 heavy (non-hydrogen) atoms. The van der Waals surface area contributed by atoms with Gasteiger partial charge in [0.15, 0.2) is 0 Å². The Morgan fingerprint density at radius 2 is 1.93 bits per heavy atom. The van der Waals surface area contributed by atoms with Crippen molar-refractivity contribution in [3.63, 3.8) is 0 Å². The molecule has 0 spiro atoms. The lowest BCUT2D eigenvalue weighted by molar-refractivity contribution is 0.283. The fourth-order valence-electron chi connectivity index (χ4n) is 1.65. The molecular weight excluding hydrogens is 172 g/mol. The van der Waals surface area contributed by atoms with Crippen LogP contribution in [0.2, 0.25) is 0 Å². The Morgan fingerprint density at radius 3 is 2.29 bits per heavy atom. The van der Waals surface area contributed by atoms with E-state index in [2.05, 4.69) is 37.6 Å². The smallest absolute Gasteiger partial charge is 0.0113 e. The van der Waals surface area contributed by atoms with Crippen molar-refractivity contribution in [2.75, 3.05) is 26.7 Å². The van der Waals surface area contributed by atoms with Gasteiger partial charge < -0.3 is 10.2 Å². The highest BCUT2D eigenvalue weighted by Gasteiger charge is 2.07. The van der Waals surface area contributed by atoms with E-state index in [1.165, 1.54) is 18.5 Å². The Hall–Kier alpha value is -0.340. The fourth-order valence-corrected chi connectivity index (χ4v) is 1.65. The molecule has 1 atom stereocenters. The topological polar surface area (TPSA) is 15.3 Å². The second-order valence-electron chi connectivity index (χ2n) is 3.96. The highest BCUT2D eigenvalue weighted by molar-refractivity contribution is 4.92. The minimum Gasteiger partial charge on any atom is -0.317 e. The van der Waals surface area contributed by atoms with Gasteiger partial charge in [-0.2, -0.15) is 0 Å². The van der Waals surface area contributed by atoms with Gasteiger partial charge in [-0.25, -0.2) is 0 Å². The first-order chi connectivity index (χ1) is 6.63. The van der Waals surface area contributed by atoms with Gasteiger partial charge in [0.25, 0.3) is 0 Å². The van der Waals surface area contributed by atoms with E-state index in [0.717, 1.165) is 19.5 Å². The largest absolute Gasteiger partial charge is 0.317 e. The first-order valence-electron chi connectivity index (χ1n) is 5.68. The summed E-state index contributed by atoms with van der Waals surface area (Å²) in [5, 5.41) is 3.35. The Balaban J connectivity index is 3.76. The summed E-state index contributed by atoms with van der Waals surface area (Å²) in [6.07, 6.45) is 2.31. The molecular formula is C12H26N2. The van der Waals surface area contributed by atoms with E-state index in [1.807, 2.05) is 7.05 Å². The molecule has 0 rings (SSSR count). The van der Waals surface area contributed by atoms with Gasteiger partial charge in [-0.15, -0.1) is 6.58 Å². The third kappa shape index (κ3) is 6.17. The van der Waals surface area contributed by atoms with Crippen LogP contribution in [-0.2, 0) is 0 Å². The zero-order valence-electron chi connectivity index (χ0n) is 10.3. The van der Waals surface area contributed by atoms with E-state index in [0.29, 0.717) is 6.04 Å². The molecule has 0 amide bonds. The summed E-state index contributed by atoms with van der Waals surface area (Å²) in [4.78, 5) is 2.46. The third-order valence-corrected chi connectivity index (χ3v) is 2.69. The molecule has 0 aromatic carbocycles. The minimum absolute atomic E-state index is 0.591. The lowest BCUT2D eigenvalue weighted by Gasteiger charge is -2.22. The molecule has 0 bridgehead atoms. The second-order valence-corrected chi connectivity index (χ2v) is 3.96. The third-order valence-electron chi connectivity index (χ3n) is 2.69. The van der Waals surface area contributed by atoms with E-state index in [9.17, 15) is 0 Å². The van der Waals surface area contributed by atoms with Crippen molar-refractivity contribution in [3.05, 3.63) is 12.2 Å². The predicted molar refractivity (Wildman–Crippen MR) is 64.7 cm³/mol. The molecule has 1 N–H and O–H groups in total. The Labute approximate surface area is 89.4 Å². The first kappa shape index (κ1) is 13.7. The molecule has 0 aliphatic heterocycles. The zero-order chi connectivity index (χ0) is 11.0. The van der Waals surface area contributed by atoms with E-state index >= 15 is 0 Å². The average molecular weight is 198 g/mol. The maximum absolute atomic E-state index is 3.96. The van der Waals surface area contributed by atoms with Gasteiger partial charge >= 0.3 is 0 Å². The van der Waals surface area contributed by atoms with E-state index in [4.69, 9.17) is 0 Å². The molecule has 0 aliphatic rings. The van der Waals surface area contributed by atoms with Crippen LogP contribution >= 0.6 is 0 Å². The van der Waals surface area contributed by atoms with Gasteiger partial charge in [-0.1, -0.05) is 19.4 Å². The lowest BCUT2D eigenvalue weighted by Crippen LogP contribution is -2.32. The zero-order valence-corrected chi connectivity index (χ0v) is 10.3. The monoisotopic (exact) mass is 198 g/mol. The van der Waals surface area contributed by atoms with Crippen LogP contribution in [0.25, 0.3) is 0 Å². The van der Waals surface area contributed by atoms with Crippen molar-refractivity contribution < 1.29 is 0 Å². The van der Waals surface area contributed by atoms with Gasteiger partial charge in [-0.3, -0.25) is 0 Å². The van der Waals surface area contributed by atoms with Crippen LogP contribution in [0, 0.1) is 0 Å². The van der Waals surface area contributed by atoms with E-state index in [-0.39, 0.29) is 0 Å². The molecule has 2 heteroatoms. The molecule has 0 heterocycles. The number of nitrogens with one attached hydrogen (secondary N) is 1. The Kier molecular flexibility index (Phi) is 7.81. The quantitative estimate of drug-likeness (QED) is 0.602. The van der Waals surface area contributed by atoms with Crippen molar-refractivity contribution in [3.8, 4) is 0 Å². The van der Waals surface area contributed by atoms with Gasteiger partial charge in [-0.05, 0) is 46.4 Å². The normalized spacial score (nSPS) is 13.2. The summed E-state index contributed by atoms with van der Waals surface area (Å²) in [5.41, 5.74) is 1.27. The van der Waals surface area contributed by atoms with Crippen LogP contribution in [0.3, 0.4) is 0 Å². The minimum atomic E-state index is 0.591. The van der Waals surface area contributed by atoms with Gasteiger partial charge in [0.2, 0.25) is 0 Å². The molecule has 0 aliphatic carbocycles. The van der Waals surface area contributed by atoms with Crippen LogP contribution in [-0.4, -0.2) is 37.6 Å². The molecule has 1 unspecified atom stereocenters. The van der Waals surface area contributed by atoms with Gasteiger partial charge in [0.1, 0.15) is 0 Å². The van der Waals surface area contributed by atoms with Gasteiger partial charge in [0.05, 0.1) is 0 Å². The average Bonchev–Trinajstić information content (AvgIpc) is 2.17. The second kappa shape index (κ2) is 8.01. The summed E-state index contributed by atoms with van der Waals surface area (Å²) in [5.74, 6) is 0. The summed E-state index contributed by atoms with van der Waals surface area (Å²) in [6.45, 7) is 14.0. The van der Waals surface area contributed by atoms with Crippen LogP contribution in [0.1, 0.15) is 33.6 Å². The molecule has 0 saturated heterocycles. The van der Waals surface area contributed by atoms with Crippen LogP contribution in [0.4, 0.5) is 0 Å². The predicted octanol–water partition coefficient (Wildman–Crippen LogP) is 2.27. The summed E-state index contributed by atoms with van der Waals surface area (Å²) >= 11 is 0. The molecule has 0 aromatic heterocycles. The SMILES string of the molecule is C=C(C)CC(CCN(CC)CC)NC. The maximum atomic E-state index is 3.96. The number of rotatable bonds is 8. The molecule has 0 saturated carbocycles. The van der Waals surface area contributed by atoms with Crippen molar-refractivity contribution in [2.24, 2.45) is 0 Å². The lowest BCUT2D eigenvalue weighted by atomic mass is 10.1. The van der Waals surface area contributed by atoms with E-state index < -0.39 is 0 Å². The Morgan fingerprint density at radius 1 is 1.36 bits per heavy atom. The maximum Gasteiger partial charge on any atom is 0.0113 e. The standard InChI is InChI=1S/C12H26N2/c1-6-14(7-2)9-8-12(13-5)10-11(3)4/h12-13H,3,6-10H2,1-2,4-5H3. The van der Waals surface area contributed by atoms with Crippen molar-refractivity contribution in [2.45, 2.75) is 39.7 Å². The number of hydrogen-bond acceptors (Lipinski definition) is 2. The van der Waals surface area contributed by atoms with Crippen molar-refractivity contribution >= 4 is 0 Å². The van der Waals surface area contributed by atoms with Gasteiger partial charge in [0, 0.05) is 6.04 Å². The molecule has 0 radical (unpaired) electrons. The van der Waals surface area contributed by atoms with Crippen molar-refractivity contribution in [1.29, 1.82) is 0 Å². The summed E-state index contributed by atoms with van der Waals surface area (Å²) in [6, 6.07) is 0.591. The number of nitrogens with zero attached hydrogens (tertiary/aromatic N) is 1. The van der Waals surface area contributed by atoms with Crippen LogP contribution in [0.15, 0.2) is 12.2 Å². The molecule has 0 aromatic rings. The first-order valence-corrected chi connectivity index (χ1v) is 5.68. The number of hydrogen-bond donors (Lipinski definition) is 1. The molecule has 2 nitrogen and oxygen atoms in total. The summed E-state index contributed by atoms with van der Waals surface area (Å²) < 4.78 is 0. The Bertz CT molecular complexity index is 150. The highest BCUT2D eigenvalue weighted by atomic mass is 15.1. The molecule has 0 fully saturated rings. The van der Waals surface area contributed by atoms with Crippen LogP contribution in [0.5, 0.6) is 0 Å². The highest BCUT2D eigenvalue weighted by Crippen LogP contribution is 2.06. The van der Waals surface area contributed by atoms with Crippen LogP contribution < -0.4 is 5.32 Å². The fraction of sp³-hybridized carbons (Fsp3) is 0.833. The summed E-state index contributed by atoms with van der Waals surface area (Å²) in [7, 11) is 2.04. The molecule has 84 valence electrons. The van der Waals surface area contributed by atoms with Crippen molar-refractivity contribution in [1.82, 2.24) is 10.2 Å². The van der Waals surface area contributed by atoms with E-state index in [1.54, 1.807) is 0 Å².